The lowest BCUT2D eigenvalue weighted by Crippen LogP contribution is -2.24. The maximum atomic E-state index is 5.99. The molecular formula is C16H20N2O2. The minimum Gasteiger partial charge on any atom is -0.494 e. The summed E-state index contributed by atoms with van der Waals surface area (Å²) in [7, 11) is 0. The number of furan rings is 1. The Morgan fingerprint density at radius 3 is 2.85 bits per heavy atom. The van der Waals surface area contributed by atoms with Crippen LogP contribution < -0.4 is 15.4 Å². The monoisotopic (exact) mass is 272 g/mol. The van der Waals surface area contributed by atoms with Crippen LogP contribution in [0.5, 0.6) is 5.75 Å². The van der Waals surface area contributed by atoms with Gasteiger partial charge >= 0.3 is 0 Å². The van der Waals surface area contributed by atoms with Crippen molar-refractivity contribution < 1.29 is 9.15 Å². The number of hydrogen-bond donors (Lipinski definition) is 1. The van der Waals surface area contributed by atoms with Crippen LogP contribution in [0.4, 0.5) is 11.4 Å². The number of ether oxygens (including phenoxy) is 1. The Hall–Kier alpha value is -2.10. The number of nitrogen functional groups attached to an aromatic ring is 1. The van der Waals surface area contributed by atoms with Crippen molar-refractivity contribution >= 4 is 11.4 Å². The molecule has 0 amide bonds. The highest BCUT2D eigenvalue weighted by Crippen LogP contribution is 2.36. The van der Waals surface area contributed by atoms with Crippen LogP contribution in [0.2, 0.25) is 0 Å². The van der Waals surface area contributed by atoms with Crippen molar-refractivity contribution in [2.75, 3.05) is 17.2 Å². The molecule has 0 spiro atoms. The molecule has 1 aliphatic rings. The predicted molar refractivity (Wildman–Crippen MR) is 79.9 cm³/mol. The van der Waals surface area contributed by atoms with Crippen LogP contribution in [0.3, 0.4) is 0 Å². The molecule has 0 saturated heterocycles. The summed E-state index contributed by atoms with van der Waals surface area (Å²) in [5, 5.41) is 0. The molecule has 0 aliphatic heterocycles. The molecule has 0 atom stereocenters. The number of anilines is 2. The first-order valence-corrected chi connectivity index (χ1v) is 7.08. The summed E-state index contributed by atoms with van der Waals surface area (Å²) >= 11 is 0. The van der Waals surface area contributed by atoms with E-state index >= 15 is 0 Å². The van der Waals surface area contributed by atoms with Gasteiger partial charge in [0.25, 0.3) is 0 Å². The van der Waals surface area contributed by atoms with Gasteiger partial charge in [0.2, 0.25) is 0 Å². The SMILES string of the molecule is CCOc1cc(N)cc(N(Cc2ccco2)C2CC2)c1. The zero-order chi connectivity index (χ0) is 13.9. The molecule has 1 aliphatic carbocycles. The fourth-order valence-corrected chi connectivity index (χ4v) is 2.41. The standard InChI is InChI=1S/C16H20N2O2/c1-2-19-16-9-12(17)8-14(10-16)18(13-5-6-13)11-15-4-3-7-20-15/h3-4,7-10,13H,2,5-6,11,17H2,1H3. The molecule has 3 rings (SSSR count). The third kappa shape index (κ3) is 2.90. The van der Waals surface area contributed by atoms with Gasteiger partial charge in [-0.2, -0.15) is 0 Å². The Kier molecular flexibility index (Phi) is 3.54. The van der Waals surface area contributed by atoms with Crippen LogP contribution in [0, 0.1) is 0 Å². The molecule has 106 valence electrons. The molecule has 0 radical (unpaired) electrons. The lowest BCUT2D eigenvalue weighted by Gasteiger charge is -2.24. The lowest BCUT2D eigenvalue weighted by molar-refractivity contribution is 0.340. The minimum atomic E-state index is 0.580. The van der Waals surface area contributed by atoms with Crippen molar-refractivity contribution in [3.8, 4) is 5.75 Å². The molecule has 0 unspecified atom stereocenters. The lowest BCUT2D eigenvalue weighted by atomic mass is 10.2. The van der Waals surface area contributed by atoms with Crippen molar-refractivity contribution in [3.63, 3.8) is 0 Å². The van der Waals surface area contributed by atoms with Crippen molar-refractivity contribution in [2.45, 2.75) is 32.4 Å². The van der Waals surface area contributed by atoms with Crippen LogP contribution >= 0.6 is 0 Å². The van der Waals surface area contributed by atoms with E-state index in [1.165, 1.54) is 12.8 Å². The predicted octanol–water partition coefficient (Wildman–Crippen LogP) is 3.43. The molecule has 2 N–H and O–H groups in total. The molecule has 0 bridgehead atoms. The van der Waals surface area contributed by atoms with E-state index in [0.717, 1.165) is 29.4 Å². The van der Waals surface area contributed by atoms with Gasteiger partial charge in [-0.05, 0) is 38.0 Å². The van der Waals surface area contributed by atoms with Gasteiger partial charge in [-0.1, -0.05) is 0 Å². The van der Waals surface area contributed by atoms with E-state index in [1.54, 1.807) is 6.26 Å². The van der Waals surface area contributed by atoms with E-state index in [4.69, 9.17) is 14.9 Å². The third-order valence-corrected chi connectivity index (χ3v) is 3.45. The van der Waals surface area contributed by atoms with Gasteiger partial charge in [0.1, 0.15) is 11.5 Å². The highest BCUT2D eigenvalue weighted by Gasteiger charge is 2.30. The Labute approximate surface area is 119 Å². The van der Waals surface area contributed by atoms with Crippen LogP contribution in [0.1, 0.15) is 25.5 Å². The number of rotatable bonds is 6. The first-order chi connectivity index (χ1) is 9.76. The third-order valence-electron chi connectivity index (χ3n) is 3.45. The van der Waals surface area contributed by atoms with Gasteiger partial charge in [-0.25, -0.2) is 0 Å². The van der Waals surface area contributed by atoms with Crippen LogP contribution in [0.15, 0.2) is 41.0 Å². The summed E-state index contributed by atoms with van der Waals surface area (Å²) in [6.07, 6.45) is 4.16. The highest BCUT2D eigenvalue weighted by molar-refractivity contribution is 5.61. The average molecular weight is 272 g/mol. The van der Waals surface area contributed by atoms with Gasteiger partial charge < -0.3 is 19.8 Å². The van der Waals surface area contributed by atoms with Gasteiger partial charge in [-0.15, -0.1) is 0 Å². The Morgan fingerprint density at radius 1 is 1.35 bits per heavy atom. The normalized spacial score (nSPS) is 14.2. The molecule has 2 aromatic rings. The van der Waals surface area contributed by atoms with Crippen molar-refractivity contribution in [1.82, 2.24) is 0 Å². The highest BCUT2D eigenvalue weighted by atomic mass is 16.5. The quantitative estimate of drug-likeness (QED) is 0.818. The fourth-order valence-electron chi connectivity index (χ4n) is 2.41. The second kappa shape index (κ2) is 5.49. The molecule has 4 heteroatoms. The van der Waals surface area contributed by atoms with E-state index in [1.807, 2.05) is 31.2 Å². The molecule has 1 saturated carbocycles. The summed E-state index contributed by atoms with van der Waals surface area (Å²) in [4.78, 5) is 2.34. The Bertz CT molecular complexity index is 562. The van der Waals surface area contributed by atoms with Crippen molar-refractivity contribution in [3.05, 3.63) is 42.4 Å². The molecule has 20 heavy (non-hydrogen) atoms. The first-order valence-electron chi connectivity index (χ1n) is 7.08. The number of nitrogens with two attached hydrogens (primary N) is 1. The fraction of sp³-hybridized carbons (Fsp3) is 0.375. The molecule has 1 fully saturated rings. The number of benzene rings is 1. The van der Waals surface area contributed by atoms with E-state index in [2.05, 4.69) is 11.0 Å². The molecule has 1 aromatic carbocycles. The van der Waals surface area contributed by atoms with Gasteiger partial charge in [0, 0.05) is 29.5 Å². The van der Waals surface area contributed by atoms with Gasteiger partial charge in [0.15, 0.2) is 0 Å². The van der Waals surface area contributed by atoms with Gasteiger partial charge in [-0.3, -0.25) is 0 Å². The zero-order valence-corrected chi connectivity index (χ0v) is 11.7. The van der Waals surface area contributed by atoms with Crippen LogP contribution in [0.25, 0.3) is 0 Å². The second-order valence-corrected chi connectivity index (χ2v) is 5.13. The maximum absolute atomic E-state index is 5.99. The van der Waals surface area contributed by atoms with Crippen molar-refractivity contribution in [1.29, 1.82) is 0 Å². The zero-order valence-electron chi connectivity index (χ0n) is 11.7. The maximum Gasteiger partial charge on any atom is 0.123 e. The molecule has 1 aromatic heterocycles. The summed E-state index contributed by atoms with van der Waals surface area (Å²) < 4.78 is 11.0. The van der Waals surface area contributed by atoms with E-state index in [9.17, 15) is 0 Å². The van der Waals surface area contributed by atoms with Crippen molar-refractivity contribution in [2.24, 2.45) is 0 Å². The summed E-state index contributed by atoms with van der Waals surface area (Å²) in [6.45, 7) is 3.39. The number of nitrogens with zero attached hydrogens (tertiary/aromatic N) is 1. The largest absolute Gasteiger partial charge is 0.494 e. The Morgan fingerprint density at radius 2 is 2.20 bits per heavy atom. The van der Waals surface area contributed by atoms with E-state index in [0.29, 0.717) is 12.6 Å². The van der Waals surface area contributed by atoms with Crippen LogP contribution in [-0.4, -0.2) is 12.6 Å². The van der Waals surface area contributed by atoms with E-state index < -0.39 is 0 Å². The second-order valence-electron chi connectivity index (χ2n) is 5.13. The summed E-state index contributed by atoms with van der Waals surface area (Å²) in [6, 6.07) is 10.4. The molecule has 4 nitrogen and oxygen atoms in total. The molecule has 1 heterocycles. The molecular weight excluding hydrogens is 252 g/mol. The summed E-state index contributed by atoms with van der Waals surface area (Å²) in [5.41, 5.74) is 7.83. The smallest absolute Gasteiger partial charge is 0.123 e. The van der Waals surface area contributed by atoms with Gasteiger partial charge in [0.05, 0.1) is 19.4 Å². The average Bonchev–Trinajstić information content (AvgIpc) is 3.12. The number of hydrogen-bond acceptors (Lipinski definition) is 4. The van der Waals surface area contributed by atoms with Crippen LogP contribution in [-0.2, 0) is 6.54 Å². The first kappa shape index (κ1) is 12.9. The topological polar surface area (TPSA) is 51.6 Å². The minimum absolute atomic E-state index is 0.580. The Balaban J connectivity index is 1.86. The van der Waals surface area contributed by atoms with E-state index in [-0.39, 0.29) is 0 Å². The summed E-state index contributed by atoms with van der Waals surface area (Å²) in [5.74, 6) is 1.80.